The fourth-order valence-electron chi connectivity index (χ4n) is 2.24. The van der Waals surface area contributed by atoms with Crippen molar-refractivity contribution in [2.45, 2.75) is 51.9 Å². The number of hydrogen-bond donors (Lipinski definition) is 0. The number of hydrogen-bond acceptors (Lipinski definition) is 3. The molecule has 1 rings (SSSR count). The first-order valence-corrected chi connectivity index (χ1v) is 6.52. The Kier molecular flexibility index (Phi) is 5.95. The molecule has 0 radical (unpaired) electrons. The molecule has 1 aliphatic carbocycles. The van der Waals surface area contributed by atoms with E-state index in [0.717, 1.165) is 25.7 Å². The number of esters is 1. The number of carbonyl (C=O) groups is 2. The van der Waals surface area contributed by atoms with Gasteiger partial charge in [0.2, 0.25) is 0 Å². The molecule has 0 heterocycles. The average molecular weight is 238 g/mol. The lowest BCUT2D eigenvalue weighted by molar-refractivity contribution is -0.138. The number of carbonyl (C=O) groups excluding carboxylic acids is 2. The van der Waals surface area contributed by atoms with Gasteiger partial charge < -0.3 is 4.74 Å². The summed E-state index contributed by atoms with van der Waals surface area (Å²) in [7, 11) is 0. The lowest BCUT2D eigenvalue weighted by Gasteiger charge is -2.18. The molecule has 3 heteroatoms. The van der Waals surface area contributed by atoms with Crippen LogP contribution in [0.25, 0.3) is 0 Å². The molecule has 1 unspecified atom stereocenters. The van der Waals surface area contributed by atoms with Crippen LogP contribution >= 0.6 is 0 Å². The molecule has 0 aromatic carbocycles. The predicted molar refractivity (Wildman–Crippen MR) is 66.6 cm³/mol. The normalized spacial score (nSPS) is 21.5. The van der Waals surface area contributed by atoms with E-state index < -0.39 is 0 Å². The zero-order chi connectivity index (χ0) is 12.7. The van der Waals surface area contributed by atoms with Crippen molar-refractivity contribution >= 4 is 11.8 Å². The molecule has 0 amide bonds. The van der Waals surface area contributed by atoms with Crippen molar-refractivity contribution in [3.63, 3.8) is 0 Å². The summed E-state index contributed by atoms with van der Waals surface area (Å²) < 4.78 is 4.89. The Morgan fingerprint density at radius 1 is 1.35 bits per heavy atom. The second kappa shape index (κ2) is 7.25. The van der Waals surface area contributed by atoms with Crippen molar-refractivity contribution in [3.05, 3.63) is 12.2 Å². The monoisotopic (exact) mass is 238 g/mol. The minimum atomic E-state index is -0.359. The third-order valence-electron chi connectivity index (χ3n) is 3.24. The van der Waals surface area contributed by atoms with Crippen molar-refractivity contribution < 1.29 is 14.3 Å². The Morgan fingerprint density at radius 3 is 2.76 bits per heavy atom. The lowest BCUT2D eigenvalue weighted by atomic mass is 9.86. The van der Waals surface area contributed by atoms with Gasteiger partial charge in [-0.3, -0.25) is 4.79 Å². The molecule has 17 heavy (non-hydrogen) atoms. The third-order valence-corrected chi connectivity index (χ3v) is 3.24. The Hall–Kier alpha value is -1.12. The quantitative estimate of drug-likeness (QED) is 0.558. The topological polar surface area (TPSA) is 43.4 Å². The van der Waals surface area contributed by atoms with Gasteiger partial charge in [0.05, 0.1) is 6.61 Å². The van der Waals surface area contributed by atoms with E-state index in [-0.39, 0.29) is 17.7 Å². The van der Waals surface area contributed by atoms with E-state index in [0.29, 0.717) is 25.0 Å². The Bertz CT molecular complexity index is 294. The van der Waals surface area contributed by atoms with Crippen LogP contribution < -0.4 is 0 Å². The second-order valence-corrected chi connectivity index (χ2v) is 4.64. The van der Waals surface area contributed by atoms with Crippen LogP contribution in [0.2, 0.25) is 0 Å². The van der Waals surface area contributed by atoms with Crippen LogP contribution in [0.1, 0.15) is 51.9 Å². The molecule has 0 spiro atoms. The minimum Gasteiger partial charge on any atom is -0.463 e. The molecule has 0 bridgehead atoms. The third kappa shape index (κ3) is 4.72. The van der Waals surface area contributed by atoms with Gasteiger partial charge in [-0.1, -0.05) is 25.8 Å². The van der Waals surface area contributed by atoms with E-state index in [1.54, 1.807) is 6.92 Å². The minimum absolute atomic E-state index is 0.0211. The van der Waals surface area contributed by atoms with Gasteiger partial charge in [-0.2, -0.15) is 0 Å². The summed E-state index contributed by atoms with van der Waals surface area (Å²) in [6, 6.07) is 0. The highest BCUT2D eigenvalue weighted by Gasteiger charge is 2.22. The lowest BCUT2D eigenvalue weighted by Crippen LogP contribution is -2.19. The van der Waals surface area contributed by atoms with Gasteiger partial charge in [0, 0.05) is 17.9 Å². The van der Waals surface area contributed by atoms with Crippen molar-refractivity contribution in [2.24, 2.45) is 5.92 Å². The van der Waals surface area contributed by atoms with Crippen LogP contribution in [0, 0.1) is 5.92 Å². The van der Waals surface area contributed by atoms with E-state index in [4.69, 9.17) is 4.74 Å². The van der Waals surface area contributed by atoms with Gasteiger partial charge in [0.1, 0.15) is 5.78 Å². The standard InChI is InChI=1S/C14H22O3/c1-3-17-14(16)11(2)10-12-8-6-4-5-7-9-13(12)15/h12H,2-10H2,1H3. The summed E-state index contributed by atoms with van der Waals surface area (Å²) in [5, 5.41) is 0. The highest BCUT2D eigenvalue weighted by atomic mass is 16.5. The average Bonchev–Trinajstić information content (AvgIpc) is 2.29. The summed E-state index contributed by atoms with van der Waals surface area (Å²) in [4.78, 5) is 23.3. The maximum absolute atomic E-state index is 11.9. The van der Waals surface area contributed by atoms with Crippen molar-refractivity contribution in [2.75, 3.05) is 6.61 Å². The van der Waals surface area contributed by atoms with Gasteiger partial charge in [0.25, 0.3) is 0 Å². The maximum atomic E-state index is 11.9. The molecule has 1 saturated carbocycles. The summed E-state index contributed by atoms with van der Waals surface area (Å²) >= 11 is 0. The zero-order valence-corrected chi connectivity index (χ0v) is 10.7. The van der Waals surface area contributed by atoms with Gasteiger partial charge in [-0.15, -0.1) is 0 Å². The van der Waals surface area contributed by atoms with Crippen LogP contribution in [0.5, 0.6) is 0 Å². The Balaban J connectivity index is 2.49. The van der Waals surface area contributed by atoms with E-state index >= 15 is 0 Å². The Morgan fingerprint density at radius 2 is 2.06 bits per heavy atom. The molecule has 0 aliphatic heterocycles. The maximum Gasteiger partial charge on any atom is 0.333 e. The summed E-state index contributed by atoms with van der Waals surface area (Å²) in [6.45, 7) is 5.86. The van der Waals surface area contributed by atoms with Crippen LogP contribution in [-0.4, -0.2) is 18.4 Å². The first-order chi connectivity index (χ1) is 8.15. The second-order valence-electron chi connectivity index (χ2n) is 4.64. The number of rotatable bonds is 4. The number of Topliss-reactive ketones (excluding diaryl/α,β-unsaturated/α-hetero) is 1. The SMILES string of the molecule is C=C(CC1CCCCCCC1=O)C(=O)OCC. The van der Waals surface area contributed by atoms with E-state index in [1.165, 1.54) is 6.42 Å². The van der Waals surface area contributed by atoms with Crippen molar-refractivity contribution in [1.82, 2.24) is 0 Å². The van der Waals surface area contributed by atoms with Gasteiger partial charge in [-0.05, 0) is 26.2 Å². The smallest absolute Gasteiger partial charge is 0.333 e. The van der Waals surface area contributed by atoms with Gasteiger partial charge in [-0.25, -0.2) is 4.79 Å². The largest absolute Gasteiger partial charge is 0.463 e. The zero-order valence-electron chi connectivity index (χ0n) is 10.7. The molecule has 0 aromatic heterocycles. The summed E-state index contributed by atoms with van der Waals surface area (Å²) in [5.41, 5.74) is 0.436. The molecule has 3 nitrogen and oxygen atoms in total. The van der Waals surface area contributed by atoms with E-state index in [2.05, 4.69) is 6.58 Å². The molecule has 0 saturated heterocycles. The highest BCUT2D eigenvalue weighted by Crippen LogP contribution is 2.24. The molecule has 0 N–H and O–H groups in total. The van der Waals surface area contributed by atoms with E-state index in [9.17, 15) is 9.59 Å². The van der Waals surface area contributed by atoms with Crippen LogP contribution in [0.15, 0.2) is 12.2 Å². The fourth-order valence-corrected chi connectivity index (χ4v) is 2.24. The molecular formula is C14H22O3. The first-order valence-electron chi connectivity index (χ1n) is 6.52. The summed E-state index contributed by atoms with van der Waals surface area (Å²) in [5.74, 6) is -0.0929. The molecule has 1 fully saturated rings. The molecule has 1 atom stereocenters. The van der Waals surface area contributed by atoms with Crippen LogP contribution in [0.3, 0.4) is 0 Å². The van der Waals surface area contributed by atoms with Crippen molar-refractivity contribution in [3.8, 4) is 0 Å². The van der Waals surface area contributed by atoms with Crippen molar-refractivity contribution in [1.29, 1.82) is 0 Å². The summed E-state index contributed by atoms with van der Waals surface area (Å²) in [6.07, 6.45) is 6.41. The predicted octanol–water partition coefficient (Wildman–Crippen LogP) is 3.04. The molecule has 1 aliphatic rings. The molecule has 0 aromatic rings. The first kappa shape index (κ1) is 13.9. The number of ketones is 1. The Labute approximate surface area is 103 Å². The van der Waals surface area contributed by atoms with Gasteiger partial charge >= 0.3 is 5.97 Å². The van der Waals surface area contributed by atoms with Gasteiger partial charge in [0.15, 0.2) is 0 Å². The highest BCUT2D eigenvalue weighted by molar-refractivity contribution is 5.89. The molecular weight excluding hydrogens is 216 g/mol. The fraction of sp³-hybridized carbons (Fsp3) is 0.714. The van der Waals surface area contributed by atoms with Crippen LogP contribution in [0.4, 0.5) is 0 Å². The molecule has 96 valence electrons. The van der Waals surface area contributed by atoms with E-state index in [1.807, 2.05) is 0 Å². The van der Waals surface area contributed by atoms with Crippen LogP contribution in [-0.2, 0) is 14.3 Å². The number of ether oxygens (including phenoxy) is 1.